The van der Waals surface area contributed by atoms with E-state index in [1.807, 2.05) is 38.1 Å². The largest absolute Gasteiger partial charge is 0.477 e. The molecule has 4 heteroatoms. The van der Waals surface area contributed by atoms with Gasteiger partial charge in [-0.25, -0.2) is 4.99 Å². The Morgan fingerprint density at radius 1 is 1.29 bits per heavy atom. The molecule has 0 bridgehead atoms. The van der Waals surface area contributed by atoms with Gasteiger partial charge in [-0.1, -0.05) is 43.0 Å². The van der Waals surface area contributed by atoms with Crippen molar-refractivity contribution in [2.45, 2.75) is 32.7 Å². The van der Waals surface area contributed by atoms with E-state index in [2.05, 4.69) is 29.0 Å². The molecule has 1 amide bonds. The molecule has 1 aliphatic heterocycles. The molecule has 0 fully saturated rings. The van der Waals surface area contributed by atoms with Crippen molar-refractivity contribution in [3.63, 3.8) is 0 Å². The maximum absolute atomic E-state index is 12.6. The summed E-state index contributed by atoms with van der Waals surface area (Å²) in [5.41, 5.74) is 2.15. The highest BCUT2D eigenvalue weighted by molar-refractivity contribution is 6.09. The first-order valence-electron chi connectivity index (χ1n) is 8.18. The van der Waals surface area contributed by atoms with Crippen molar-refractivity contribution in [2.24, 2.45) is 4.99 Å². The van der Waals surface area contributed by atoms with E-state index in [1.54, 1.807) is 12.2 Å². The molecule has 1 atom stereocenters. The highest BCUT2D eigenvalue weighted by Crippen LogP contribution is 2.14. The molecule has 0 radical (unpaired) electrons. The lowest BCUT2D eigenvalue weighted by Crippen LogP contribution is -2.33. The number of nitrogens with one attached hydrogen (secondary N) is 1. The van der Waals surface area contributed by atoms with Crippen LogP contribution in [0.3, 0.4) is 0 Å². The molecular formula is C20H24N2O2. The molecule has 0 aromatic heterocycles. The normalized spacial score (nSPS) is 24.6. The molecule has 1 heterocycles. The number of nitrogens with zero attached hydrogens (tertiary/aromatic N) is 1. The lowest BCUT2D eigenvalue weighted by atomic mass is 10.0. The molecule has 0 aliphatic carbocycles. The van der Waals surface area contributed by atoms with Gasteiger partial charge < -0.3 is 10.1 Å². The zero-order valence-corrected chi connectivity index (χ0v) is 14.3. The molecule has 0 saturated heterocycles. The number of hydrogen-bond donors (Lipinski definition) is 1. The van der Waals surface area contributed by atoms with Gasteiger partial charge in [-0.2, -0.15) is 0 Å². The number of benzene rings is 1. The van der Waals surface area contributed by atoms with Crippen LogP contribution in [-0.4, -0.2) is 24.3 Å². The van der Waals surface area contributed by atoms with Gasteiger partial charge in [0.15, 0.2) is 0 Å². The van der Waals surface area contributed by atoms with E-state index in [1.165, 1.54) is 0 Å². The lowest BCUT2D eigenvalue weighted by Gasteiger charge is -2.15. The summed E-state index contributed by atoms with van der Waals surface area (Å²) in [7, 11) is 0. The fourth-order valence-corrected chi connectivity index (χ4v) is 2.45. The third-order valence-corrected chi connectivity index (χ3v) is 3.67. The monoisotopic (exact) mass is 324 g/mol. The van der Waals surface area contributed by atoms with Gasteiger partial charge in [-0.15, -0.1) is 0 Å². The van der Waals surface area contributed by atoms with Gasteiger partial charge in [0, 0.05) is 22.9 Å². The van der Waals surface area contributed by atoms with E-state index < -0.39 is 0 Å². The Balaban J connectivity index is 2.43. The van der Waals surface area contributed by atoms with E-state index in [0.29, 0.717) is 18.1 Å². The van der Waals surface area contributed by atoms with Gasteiger partial charge in [0.05, 0.1) is 6.61 Å². The standard InChI is InChI=1S/C20H24N2O2/c1-4-10-19-22-16(3)17-12-7-8-13-18(17)20(23)21-15(2)11-6-5-9-14-24-19/h4-8,10,12-13,15H,1,9,11,14H2,2-3H3,(H,21,23)/b6-5+,19-10+,22-16+/t15-/m1/s1. The van der Waals surface area contributed by atoms with Gasteiger partial charge in [0.1, 0.15) is 0 Å². The second kappa shape index (κ2) is 8.87. The van der Waals surface area contributed by atoms with Gasteiger partial charge in [0.2, 0.25) is 5.88 Å². The Morgan fingerprint density at radius 3 is 2.79 bits per heavy atom. The van der Waals surface area contributed by atoms with Crippen molar-refractivity contribution in [3.8, 4) is 0 Å². The van der Waals surface area contributed by atoms with Crippen LogP contribution in [0.2, 0.25) is 0 Å². The van der Waals surface area contributed by atoms with Gasteiger partial charge in [-0.3, -0.25) is 4.79 Å². The summed E-state index contributed by atoms with van der Waals surface area (Å²) in [6, 6.07) is 7.54. The molecule has 0 unspecified atom stereocenters. The molecule has 1 N–H and O–H groups in total. The van der Waals surface area contributed by atoms with Gasteiger partial charge in [0.25, 0.3) is 5.91 Å². The molecule has 1 aliphatic rings. The Morgan fingerprint density at radius 2 is 2.04 bits per heavy atom. The van der Waals surface area contributed by atoms with E-state index in [0.717, 1.165) is 24.1 Å². The second-order valence-electron chi connectivity index (χ2n) is 5.70. The fraction of sp³-hybridized carbons (Fsp3) is 0.300. The van der Waals surface area contributed by atoms with Crippen LogP contribution in [0.4, 0.5) is 0 Å². The van der Waals surface area contributed by atoms with Crippen molar-refractivity contribution < 1.29 is 9.53 Å². The molecule has 4 nitrogen and oxygen atoms in total. The molecule has 0 saturated carbocycles. The second-order valence-corrected chi connectivity index (χ2v) is 5.70. The van der Waals surface area contributed by atoms with Crippen LogP contribution in [0.25, 0.3) is 0 Å². The SMILES string of the molecule is C=C/C=C1\N=C(/C)c2ccccc2C(=O)N[C@H](C)C/C=C/CCO1. The van der Waals surface area contributed by atoms with Crippen LogP contribution >= 0.6 is 0 Å². The van der Waals surface area contributed by atoms with Crippen LogP contribution in [-0.2, 0) is 4.74 Å². The third-order valence-electron chi connectivity index (χ3n) is 3.67. The molecule has 24 heavy (non-hydrogen) atoms. The van der Waals surface area contributed by atoms with Gasteiger partial charge in [-0.05, 0) is 38.8 Å². The van der Waals surface area contributed by atoms with Crippen molar-refractivity contribution in [3.05, 3.63) is 72.2 Å². The molecule has 126 valence electrons. The summed E-state index contributed by atoms with van der Waals surface area (Å²) in [5.74, 6) is 0.407. The number of ether oxygens (including phenoxy) is 1. The van der Waals surface area contributed by atoms with E-state index in [9.17, 15) is 4.79 Å². The summed E-state index contributed by atoms with van der Waals surface area (Å²) < 4.78 is 5.72. The number of carbonyl (C=O) groups is 1. The summed E-state index contributed by atoms with van der Waals surface area (Å²) >= 11 is 0. The van der Waals surface area contributed by atoms with Crippen LogP contribution in [0.15, 0.2) is 66.0 Å². The molecule has 0 spiro atoms. The Kier molecular flexibility index (Phi) is 6.55. The summed E-state index contributed by atoms with van der Waals surface area (Å²) in [5, 5.41) is 3.04. The Hall–Kier alpha value is -2.62. The maximum Gasteiger partial charge on any atom is 0.252 e. The molecule has 1 aromatic carbocycles. The van der Waals surface area contributed by atoms with Crippen LogP contribution in [0.1, 0.15) is 42.6 Å². The average molecular weight is 324 g/mol. The van der Waals surface area contributed by atoms with E-state index >= 15 is 0 Å². The number of rotatable bonds is 1. The first-order chi connectivity index (χ1) is 11.6. The molecule has 1 aromatic rings. The summed E-state index contributed by atoms with van der Waals surface area (Å²) in [6.45, 7) is 8.12. The number of hydrogen-bond acceptors (Lipinski definition) is 3. The van der Waals surface area contributed by atoms with Gasteiger partial charge >= 0.3 is 0 Å². The number of aliphatic imine (C=N–C) groups is 1. The highest BCUT2D eigenvalue weighted by atomic mass is 16.5. The Bertz CT molecular complexity index is 687. The van der Waals surface area contributed by atoms with E-state index in [-0.39, 0.29) is 11.9 Å². The summed E-state index contributed by atoms with van der Waals surface area (Å²) in [4.78, 5) is 17.1. The summed E-state index contributed by atoms with van der Waals surface area (Å²) in [6.07, 6.45) is 9.08. The fourth-order valence-electron chi connectivity index (χ4n) is 2.45. The maximum atomic E-state index is 12.6. The number of fused-ring (bicyclic) bond motifs is 1. The van der Waals surface area contributed by atoms with Crippen LogP contribution in [0, 0.1) is 0 Å². The quantitative estimate of drug-likeness (QED) is 0.794. The van der Waals surface area contributed by atoms with Crippen molar-refractivity contribution in [1.82, 2.24) is 5.32 Å². The predicted octanol–water partition coefficient (Wildman–Crippen LogP) is 4.01. The highest BCUT2D eigenvalue weighted by Gasteiger charge is 2.15. The van der Waals surface area contributed by atoms with Crippen LogP contribution in [0.5, 0.6) is 0 Å². The lowest BCUT2D eigenvalue weighted by molar-refractivity contribution is 0.0940. The first-order valence-corrected chi connectivity index (χ1v) is 8.18. The zero-order valence-electron chi connectivity index (χ0n) is 14.3. The predicted molar refractivity (Wildman–Crippen MR) is 98.2 cm³/mol. The number of amides is 1. The smallest absolute Gasteiger partial charge is 0.252 e. The van der Waals surface area contributed by atoms with Crippen molar-refractivity contribution in [1.29, 1.82) is 0 Å². The minimum absolute atomic E-state index is 0.0686. The first kappa shape index (κ1) is 17.7. The minimum atomic E-state index is -0.0896. The molecule has 2 rings (SSSR count). The Labute approximate surface area is 143 Å². The minimum Gasteiger partial charge on any atom is -0.477 e. The number of carbonyl (C=O) groups excluding carboxylic acids is 1. The van der Waals surface area contributed by atoms with Crippen molar-refractivity contribution in [2.75, 3.05) is 6.61 Å². The number of allylic oxidation sites excluding steroid dienone is 2. The third kappa shape index (κ3) is 4.95. The topological polar surface area (TPSA) is 50.7 Å². The zero-order chi connectivity index (χ0) is 17.4. The van der Waals surface area contributed by atoms with E-state index in [4.69, 9.17) is 4.74 Å². The molecular weight excluding hydrogens is 300 g/mol. The average Bonchev–Trinajstić information content (AvgIpc) is 2.57. The van der Waals surface area contributed by atoms with Crippen LogP contribution < -0.4 is 5.32 Å². The van der Waals surface area contributed by atoms with Crippen molar-refractivity contribution >= 4 is 11.6 Å².